The average molecular weight is 269 g/mol. The molecule has 1 atom stereocenters. The van der Waals surface area contributed by atoms with Gasteiger partial charge in [-0.25, -0.2) is 0 Å². The van der Waals surface area contributed by atoms with E-state index < -0.39 is 0 Å². The molecule has 1 amide bonds. The van der Waals surface area contributed by atoms with E-state index in [1.165, 1.54) is 17.8 Å². The van der Waals surface area contributed by atoms with Crippen LogP contribution in [0.2, 0.25) is 0 Å². The first-order chi connectivity index (χ1) is 8.66. The van der Waals surface area contributed by atoms with Gasteiger partial charge in [-0.05, 0) is 26.3 Å². The van der Waals surface area contributed by atoms with Crippen LogP contribution in [0, 0.1) is 6.92 Å². The second kappa shape index (κ2) is 6.15. The van der Waals surface area contributed by atoms with Gasteiger partial charge in [0.15, 0.2) is 0 Å². The van der Waals surface area contributed by atoms with Gasteiger partial charge in [-0.15, -0.1) is 0 Å². The third kappa shape index (κ3) is 3.43. The molecular weight excluding hydrogens is 250 g/mol. The van der Waals surface area contributed by atoms with Crippen molar-refractivity contribution in [2.45, 2.75) is 38.8 Å². The van der Waals surface area contributed by atoms with E-state index >= 15 is 0 Å². The standard InChI is InChI=1S/C12H19N3O2S/c1-9-8-18-12(17)15(9)6-4-11(16)14-7-10-3-2-5-13-10/h8,10,13H,2-7H2,1H3,(H,14,16). The van der Waals surface area contributed by atoms with E-state index in [4.69, 9.17) is 0 Å². The Bertz CT molecular complexity index is 460. The fourth-order valence-corrected chi connectivity index (χ4v) is 2.91. The lowest BCUT2D eigenvalue weighted by Crippen LogP contribution is -2.37. The van der Waals surface area contributed by atoms with Gasteiger partial charge < -0.3 is 15.2 Å². The number of amides is 1. The number of hydrogen-bond acceptors (Lipinski definition) is 4. The summed E-state index contributed by atoms with van der Waals surface area (Å²) in [5.41, 5.74) is 0.926. The molecule has 0 saturated carbocycles. The first-order valence-electron chi connectivity index (χ1n) is 6.32. The van der Waals surface area contributed by atoms with Crippen LogP contribution in [0.1, 0.15) is 25.0 Å². The highest BCUT2D eigenvalue weighted by Gasteiger charge is 2.14. The van der Waals surface area contributed by atoms with Crippen LogP contribution in [0.3, 0.4) is 0 Å². The normalized spacial score (nSPS) is 19.1. The summed E-state index contributed by atoms with van der Waals surface area (Å²) in [5.74, 6) is 0.0150. The minimum atomic E-state index is 0.0118. The highest BCUT2D eigenvalue weighted by molar-refractivity contribution is 7.07. The van der Waals surface area contributed by atoms with Crippen molar-refractivity contribution in [1.82, 2.24) is 15.2 Å². The van der Waals surface area contributed by atoms with Gasteiger partial charge >= 0.3 is 4.87 Å². The monoisotopic (exact) mass is 269 g/mol. The first kappa shape index (κ1) is 13.3. The largest absolute Gasteiger partial charge is 0.354 e. The topological polar surface area (TPSA) is 63.1 Å². The molecule has 6 heteroatoms. The van der Waals surface area contributed by atoms with E-state index in [-0.39, 0.29) is 10.8 Å². The van der Waals surface area contributed by atoms with Gasteiger partial charge in [-0.1, -0.05) is 11.3 Å². The van der Waals surface area contributed by atoms with Gasteiger partial charge in [-0.3, -0.25) is 9.59 Å². The molecule has 1 fully saturated rings. The predicted octanol–water partition coefficient (Wildman–Crippen LogP) is 0.477. The molecule has 1 aliphatic heterocycles. The third-order valence-electron chi connectivity index (χ3n) is 3.25. The van der Waals surface area contributed by atoms with Crippen molar-refractivity contribution in [3.63, 3.8) is 0 Å². The molecule has 1 aromatic rings. The zero-order valence-electron chi connectivity index (χ0n) is 10.6. The molecule has 0 spiro atoms. The number of nitrogens with zero attached hydrogens (tertiary/aromatic N) is 1. The van der Waals surface area contributed by atoms with Crippen LogP contribution in [0.5, 0.6) is 0 Å². The van der Waals surface area contributed by atoms with E-state index in [1.54, 1.807) is 4.57 Å². The number of nitrogens with one attached hydrogen (secondary N) is 2. The van der Waals surface area contributed by atoms with E-state index in [0.717, 1.165) is 18.7 Å². The Morgan fingerprint density at radius 2 is 2.50 bits per heavy atom. The molecule has 18 heavy (non-hydrogen) atoms. The van der Waals surface area contributed by atoms with Crippen molar-refractivity contribution in [1.29, 1.82) is 0 Å². The Kier molecular flexibility index (Phi) is 4.54. The van der Waals surface area contributed by atoms with E-state index in [2.05, 4.69) is 10.6 Å². The fraction of sp³-hybridized carbons (Fsp3) is 0.667. The molecule has 1 aliphatic rings. The van der Waals surface area contributed by atoms with Crippen LogP contribution in [0.25, 0.3) is 0 Å². The van der Waals surface area contributed by atoms with Gasteiger partial charge in [0.25, 0.3) is 0 Å². The van der Waals surface area contributed by atoms with E-state index in [9.17, 15) is 9.59 Å². The van der Waals surface area contributed by atoms with Crippen LogP contribution >= 0.6 is 11.3 Å². The number of thiazole rings is 1. The van der Waals surface area contributed by atoms with Crippen LogP contribution in [-0.4, -0.2) is 29.6 Å². The number of rotatable bonds is 5. The number of hydrogen-bond donors (Lipinski definition) is 2. The molecule has 0 aliphatic carbocycles. The maximum absolute atomic E-state index is 11.7. The van der Waals surface area contributed by atoms with Crippen molar-refractivity contribution in [3.8, 4) is 0 Å². The molecule has 5 nitrogen and oxygen atoms in total. The second-order valence-electron chi connectivity index (χ2n) is 4.64. The third-order valence-corrected chi connectivity index (χ3v) is 4.13. The number of aryl methyl sites for hydroxylation is 1. The highest BCUT2D eigenvalue weighted by Crippen LogP contribution is 2.03. The zero-order chi connectivity index (χ0) is 13.0. The van der Waals surface area contributed by atoms with Crippen molar-refractivity contribution >= 4 is 17.2 Å². The second-order valence-corrected chi connectivity index (χ2v) is 5.46. The maximum atomic E-state index is 11.7. The van der Waals surface area contributed by atoms with Crippen molar-refractivity contribution in [3.05, 3.63) is 20.7 Å². The van der Waals surface area contributed by atoms with Gasteiger partial charge in [0.05, 0.1) is 0 Å². The van der Waals surface area contributed by atoms with Gasteiger partial charge in [0.2, 0.25) is 5.91 Å². The number of carbonyl (C=O) groups is 1. The summed E-state index contributed by atoms with van der Waals surface area (Å²) in [7, 11) is 0. The Hall–Kier alpha value is -1.14. The Labute approximate surface area is 110 Å². The first-order valence-corrected chi connectivity index (χ1v) is 7.20. The summed E-state index contributed by atoms with van der Waals surface area (Å²) in [4.78, 5) is 23.1. The Balaban J connectivity index is 1.73. The highest BCUT2D eigenvalue weighted by atomic mass is 32.1. The van der Waals surface area contributed by atoms with Gasteiger partial charge in [-0.2, -0.15) is 0 Å². The summed E-state index contributed by atoms with van der Waals surface area (Å²) >= 11 is 1.18. The molecule has 2 N–H and O–H groups in total. The molecule has 1 saturated heterocycles. The summed E-state index contributed by atoms with van der Waals surface area (Å²) in [5, 5.41) is 8.07. The molecule has 0 radical (unpaired) electrons. The van der Waals surface area contributed by atoms with Crippen LogP contribution < -0.4 is 15.5 Å². The quantitative estimate of drug-likeness (QED) is 0.817. The summed E-state index contributed by atoms with van der Waals surface area (Å²) in [6.45, 7) is 4.09. The zero-order valence-corrected chi connectivity index (χ0v) is 11.4. The Morgan fingerprint density at radius 1 is 1.67 bits per heavy atom. The van der Waals surface area contributed by atoms with E-state index in [1.807, 2.05) is 12.3 Å². The van der Waals surface area contributed by atoms with Crippen LogP contribution in [0.15, 0.2) is 10.2 Å². The summed E-state index contributed by atoms with van der Waals surface area (Å²) in [6, 6.07) is 0.416. The average Bonchev–Trinajstić information content (AvgIpc) is 2.96. The van der Waals surface area contributed by atoms with Gasteiger partial charge in [0.1, 0.15) is 0 Å². The fourth-order valence-electron chi connectivity index (χ4n) is 2.14. The molecular formula is C12H19N3O2S. The number of carbonyl (C=O) groups excluding carboxylic acids is 1. The lowest BCUT2D eigenvalue weighted by molar-refractivity contribution is -0.121. The Morgan fingerprint density at radius 3 is 3.11 bits per heavy atom. The minimum Gasteiger partial charge on any atom is -0.354 e. The van der Waals surface area contributed by atoms with Crippen molar-refractivity contribution < 1.29 is 4.79 Å². The van der Waals surface area contributed by atoms with Crippen LogP contribution in [-0.2, 0) is 11.3 Å². The molecule has 1 unspecified atom stereocenters. The maximum Gasteiger partial charge on any atom is 0.307 e. The minimum absolute atomic E-state index is 0.0118. The molecule has 0 aromatic carbocycles. The summed E-state index contributed by atoms with van der Waals surface area (Å²) < 4.78 is 1.65. The predicted molar refractivity (Wildman–Crippen MR) is 72.0 cm³/mol. The molecule has 2 rings (SSSR count). The molecule has 1 aromatic heterocycles. The lowest BCUT2D eigenvalue weighted by Gasteiger charge is -2.11. The van der Waals surface area contributed by atoms with Crippen molar-refractivity contribution in [2.24, 2.45) is 0 Å². The van der Waals surface area contributed by atoms with E-state index in [0.29, 0.717) is 25.6 Å². The van der Waals surface area contributed by atoms with Crippen molar-refractivity contribution in [2.75, 3.05) is 13.1 Å². The molecule has 0 bridgehead atoms. The SMILES string of the molecule is Cc1csc(=O)n1CCC(=O)NCC1CCCN1. The van der Waals surface area contributed by atoms with Crippen LogP contribution in [0.4, 0.5) is 0 Å². The smallest absolute Gasteiger partial charge is 0.307 e. The summed E-state index contributed by atoms with van der Waals surface area (Å²) in [6.07, 6.45) is 2.68. The lowest BCUT2D eigenvalue weighted by atomic mass is 10.2. The number of aromatic nitrogens is 1. The molecule has 2 heterocycles. The molecule has 100 valence electrons. The van der Waals surface area contributed by atoms with Gasteiger partial charge in [0, 0.05) is 36.6 Å².